The first-order valence-corrected chi connectivity index (χ1v) is 5.31. The number of alkyl halides is 4. The molecule has 0 atom stereocenters. The smallest absolute Gasteiger partial charge is 0.315 e. The lowest BCUT2D eigenvalue weighted by atomic mass is 10.2. The number of hydrogen-bond donors (Lipinski definition) is 1. The van der Waals surface area contributed by atoms with Gasteiger partial charge in [-0.15, -0.1) is 0 Å². The van der Waals surface area contributed by atoms with Gasteiger partial charge in [-0.3, -0.25) is 4.90 Å². The second kappa shape index (κ2) is 7.06. The van der Waals surface area contributed by atoms with Crippen molar-refractivity contribution in [2.24, 2.45) is 5.92 Å². The first kappa shape index (κ1) is 15.6. The Morgan fingerprint density at radius 3 is 2.25 bits per heavy atom. The summed E-state index contributed by atoms with van der Waals surface area (Å²) >= 11 is 0. The van der Waals surface area contributed by atoms with Crippen LogP contribution < -0.4 is 5.32 Å². The molecule has 0 aromatic rings. The van der Waals surface area contributed by atoms with E-state index in [2.05, 4.69) is 5.32 Å². The van der Waals surface area contributed by atoms with Gasteiger partial charge in [0, 0.05) is 13.1 Å². The Bertz CT molecular complexity index is 186. The normalized spacial score (nSPS) is 13.1. The van der Waals surface area contributed by atoms with Crippen molar-refractivity contribution in [3.05, 3.63) is 0 Å². The van der Waals surface area contributed by atoms with Crippen LogP contribution in [0, 0.1) is 5.92 Å². The molecule has 0 heterocycles. The third-order valence-electron chi connectivity index (χ3n) is 2.02. The van der Waals surface area contributed by atoms with Gasteiger partial charge >= 0.3 is 12.3 Å². The number of likely N-dealkylation sites (N-methyl/N-ethyl adjacent to an activating group) is 1. The van der Waals surface area contributed by atoms with Crippen molar-refractivity contribution in [2.75, 3.05) is 33.2 Å². The molecule has 1 N–H and O–H groups in total. The molecule has 0 unspecified atom stereocenters. The number of rotatable bonds is 8. The minimum Gasteiger partial charge on any atom is -0.315 e. The minimum atomic E-state index is -3.92. The van der Waals surface area contributed by atoms with E-state index in [9.17, 15) is 17.6 Å². The summed E-state index contributed by atoms with van der Waals surface area (Å²) in [7, 11) is 1.41. The van der Waals surface area contributed by atoms with Crippen LogP contribution >= 0.6 is 0 Å². The summed E-state index contributed by atoms with van der Waals surface area (Å²) in [5.74, 6) is -3.44. The van der Waals surface area contributed by atoms with Gasteiger partial charge in [-0.2, -0.15) is 8.78 Å². The van der Waals surface area contributed by atoms with E-state index in [4.69, 9.17) is 0 Å². The molecular formula is C10H20F4N2. The number of halogens is 4. The highest BCUT2D eigenvalue weighted by atomic mass is 19.3. The van der Waals surface area contributed by atoms with Crippen molar-refractivity contribution in [1.82, 2.24) is 10.2 Å². The molecule has 0 aromatic carbocycles. The third-order valence-corrected chi connectivity index (χ3v) is 2.02. The predicted octanol–water partition coefficient (Wildman–Crippen LogP) is 2.06. The van der Waals surface area contributed by atoms with Gasteiger partial charge in [-0.05, 0) is 19.5 Å². The summed E-state index contributed by atoms with van der Waals surface area (Å²) in [6, 6.07) is 0. The molecule has 0 aliphatic carbocycles. The molecule has 0 spiro atoms. The van der Waals surface area contributed by atoms with Gasteiger partial charge < -0.3 is 5.32 Å². The summed E-state index contributed by atoms with van der Waals surface area (Å²) in [5.41, 5.74) is 0. The van der Waals surface area contributed by atoms with Crippen LogP contribution in [0.4, 0.5) is 17.6 Å². The molecule has 6 heteroatoms. The fraction of sp³-hybridized carbons (Fsp3) is 1.00. The summed E-state index contributed by atoms with van der Waals surface area (Å²) in [6.07, 6.45) is -3.60. The average molecular weight is 244 g/mol. The zero-order valence-electron chi connectivity index (χ0n) is 9.94. The fourth-order valence-corrected chi connectivity index (χ4v) is 1.17. The van der Waals surface area contributed by atoms with Gasteiger partial charge in [0.2, 0.25) is 0 Å². The minimum absolute atomic E-state index is 0.328. The number of nitrogens with zero attached hydrogens (tertiary/aromatic N) is 1. The number of nitrogens with one attached hydrogen (secondary N) is 1. The molecule has 0 radical (unpaired) electrons. The van der Waals surface area contributed by atoms with E-state index in [1.807, 2.05) is 13.8 Å². The Morgan fingerprint density at radius 1 is 1.25 bits per heavy atom. The van der Waals surface area contributed by atoms with Crippen molar-refractivity contribution in [3.8, 4) is 0 Å². The van der Waals surface area contributed by atoms with E-state index < -0.39 is 18.9 Å². The Balaban J connectivity index is 3.70. The summed E-state index contributed by atoms with van der Waals surface area (Å²) in [4.78, 5) is 1.21. The molecule has 0 aliphatic rings. The predicted molar refractivity (Wildman–Crippen MR) is 56.2 cm³/mol. The molecule has 0 bridgehead atoms. The van der Waals surface area contributed by atoms with E-state index in [1.54, 1.807) is 0 Å². The van der Waals surface area contributed by atoms with Gasteiger partial charge in [0.05, 0.1) is 6.54 Å². The highest BCUT2D eigenvalue weighted by molar-refractivity contribution is 4.73. The second-order valence-corrected chi connectivity index (χ2v) is 4.40. The maximum Gasteiger partial charge on any atom is 0.319 e. The molecule has 0 fully saturated rings. The second-order valence-electron chi connectivity index (χ2n) is 4.40. The molecule has 0 saturated heterocycles. The Labute approximate surface area is 94.0 Å². The highest BCUT2D eigenvalue weighted by Gasteiger charge is 2.41. The van der Waals surface area contributed by atoms with Crippen LogP contribution in [0.2, 0.25) is 0 Å². The van der Waals surface area contributed by atoms with Crippen LogP contribution in [0.25, 0.3) is 0 Å². The fourth-order valence-electron chi connectivity index (χ4n) is 1.17. The van der Waals surface area contributed by atoms with E-state index in [-0.39, 0.29) is 0 Å². The maximum absolute atomic E-state index is 12.6. The third kappa shape index (κ3) is 7.00. The van der Waals surface area contributed by atoms with Crippen molar-refractivity contribution >= 4 is 0 Å². The van der Waals surface area contributed by atoms with E-state index in [0.29, 0.717) is 19.0 Å². The van der Waals surface area contributed by atoms with E-state index in [1.165, 1.54) is 11.9 Å². The maximum atomic E-state index is 12.6. The zero-order valence-corrected chi connectivity index (χ0v) is 9.94. The molecule has 0 aliphatic heterocycles. The molecule has 98 valence electrons. The molecule has 0 aromatic heterocycles. The van der Waals surface area contributed by atoms with Crippen LogP contribution in [0.5, 0.6) is 0 Å². The monoisotopic (exact) mass is 244 g/mol. The SMILES string of the molecule is CC(C)CNCCN(C)CC(F)(F)C(F)F. The van der Waals surface area contributed by atoms with Crippen LogP contribution in [-0.4, -0.2) is 50.5 Å². The molecule has 16 heavy (non-hydrogen) atoms. The summed E-state index contributed by atoms with van der Waals surface area (Å²) in [6.45, 7) is 4.79. The van der Waals surface area contributed by atoms with Gasteiger partial charge in [-0.25, -0.2) is 8.78 Å². The van der Waals surface area contributed by atoms with Gasteiger partial charge in [-0.1, -0.05) is 13.8 Å². The Hall–Kier alpha value is -0.360. The summed E-state index contributed by atoms with van der Waals surface area (Å²) < 4.78 is 49.0. The van der Waals surface area contributed by atoms with Crippen LogP contribution in [0.1, 0.15) is 13.8 Å². The van der Waals surface area contributed by atoms with Gasteiger partial charge in [0.1, 0.15) is 0 Å². The van der Waals surface area contributed by atoms with E-state index >= 15 is 0 Å². The van der Waals surface area contributed by atoms with Crippen molar-refractivity contribution in [3.63, 3.8) is 0 Å². The Kier molecular flexibility index (Phi) is 6.90. The summed E-state index contributed by atoms with van der Waals surface area (Å²) in [5, 5.41) is 3.06. The molecular weight excluding hydrogens is 224 g/mol. The Morgan fingerprint density at radius 2 is 1.81 bits per heavy atom. The van der Waals surface area contributed by atoms with Crippen LogP contribution in [-0.2, 0) is 0 Å². The zero-order chi connectivity index (χ0) is 12.8. The lowest BCUT2D eigenvalue weighted by molar-refractivity contribution is -0.139. The molecule has 2 nitrogen and oxygen atoms in total. The first-order valence-electron chi connectivity index (χ1n) is 5.31. The molecule has 0 amide bonds. The largest absolute Gasteiger partial charge is 0.319 e. The number of hydrogen-bond acceptors (Lipinski definition) is 2. The highest BCUT2D eigenvalue weighted by Crippen LogP contribution is 2.23. The first-order chi connectivity index (χ1) is 7.25. The van der Waals surface area contributed by atoms with E-state index in [0.717, 1.165) is 6.54 Å². The standard InChI is InChI=1S/C10H20F4N2/c1-8(2)6-15-4-5-16(3)7-10(13,14)9(11)12/h8-9,15H,4-7H2,1-3H3. The van der Waals surface area contributed by atoms with Crippen molar-refractivity contribution < 1.29 is 17.6 Å². The molecule has 0 rings (SSSR count). The van der Waals surface area contributed by atoms with Gasteiger partial charge in [0.25, 0.3) is 0 Å². The quantitative estimate of drug-likeness (QED) is 0.519. The van der Waals surface area contributed by atoms with Crippen molar-refractivity contribution in [1.29, 1.82) is 0 Å². The van der Waals surface area contributed by atoms with Crippen LogP contribution in [0.15, 0.2) is 0 Å². The van der Waals surface area contributed by atoms with Crippen molar-refractivity contribution in [2.45, 2.75) is 26.2 Å². The molecule has 0 saturated carbocycles. The lowest BCUT2D eigenvalue weighted by Gasteiger charge is -2.23. The topological polar surface area (TPSA) is 15.3 Å². The lowest BCUT2D eigenvalue weighted by Crippen LogP contribution is -2.42. The average Bonchev–Trinajstić information content (AvgIpc) is 2.11. The van der Waals surface area contributed by atoms with Crippen LogP contribution in [0.3, 0.4) is 0 Å². The van der Waals surface area contributed by atoms with Gasteiger partial charge in [0.15, 0.2) is 0 Å².